The molecule has 0 spiro atoms. The van der Waals surface area contributed by atoms with Crippen LogP contribution in [-0.4, -0.2) is 26.9 Å². The molecule has 1 saturated heterocycles. The van der Waals surface area contributed by atoms with Crippen molar-refractivity contribution in [1.29, 1.82) is 0 Å². The molecule has 0 saturated carbocycles. The van der Waals surface area contributed by atoms with Gasteiger partial charge in [-0.15, -0.1) is 0 Å². The van der Waals surface area contributed by atoms with E-state index in [1.807, 2.05) is 0 Å². The lowest BCUT2D eigenvalue weighted by Crippen LogP contribution is -2.26. The minimum absolute atomic E-state index is 0.0467. The molecule has 1 fully saturated rings. The molecule has 19 heavy (non-hydrogen) atoms. The summed E-state index contributed by atoms with van der Waals surface area (Å²) in [4.78, 5) is 0. The molecule has 8 heteroatoms. The quantitative estimate of drug-likeness (QED) is 0.743. The molecule has 1 aromatic carbocycles. The molecular weight excluding hydrogens is 400 g/mol. The van der Waals surface area contributed by atoms with Gasteiger partial charge in [-0.05, 0) is 40.9 Å². The Morgan fingerprint density at radius 2 is 2.16 bits per heavy atom. The third kappa shape index (κ3) is 4.08. The van der Waals surface area contributed by atoms with E-state index in [0.717, 1.165) is 17.3 Å². The first-order valence-corrected chi connectivity index (χ1v) is 8.98. The number of rotatable bonds is 4. The van der Waals surface area contributed by atoms with Gasteiger partial charge in [0, 0.05) is 15.6 Å². The average molecular weight is 414 g/mol. The van der Waals surface area contributed by atoms with E-state index < -0.39 is 10.0 Å². The maximum Gasteiger partial charge on any atom is 0.235 e. The standard InChI is InChI=1S/C11H14Br2N2O3S/c12-7-4-9(13)11(10(14)5-7)15-19(16,17)6-8-2-1-3-18-8/h4-5,8,15H,1-3,6,14H2. The van der Waals surface area contributed by atoms with Gasteiger partial charge in [0.1, 0.15) is 0 Å². The normalized spacial score (nSPS) is 19.6. The highest BCUT2D eigenvalue weighted by Gasteiger charge is 2.24. The molecule has 1 unspecified atom stereocenters. The molecule has 1 atom stereocenters. The number of anilines is 2. The minimum Gasteiger partial charge on any atom is -0.397 e. The third-order valence-electron chi connectivity index (χ3n) is 2.77. The Kier molecular flexibility index (Phi) is 4.75. The van der Waals surface area contributed by atoms with Crippen LogP contribution in [0.2, 0.25) is 0 Å². The highest BCUT2D eigenvalue weighted by Crippen LogP contribution is 2.33. The number of hydrogen-bond acceptors (Lipinski definition) is 4. The summed E-state index contributed by atoms with van der Waals surface area (Å²) >= 11 is 6.59. The first-order chi connectivity index (χ1) is 8.87. The second-order valence-corrected chi connectivity index (χ2v) is 7.91. The summed E-state index contributed by atoms with van der Waals surface area (Å²) in [5.41, 5.74) is 6.54. The summed E-state index contributed by atoms with van der Waals surface area (Å²) in [6.07, 6.45) is 1.45. The molecular formula is C11H14Br2N2O3S. The van der Waals surface area contributed by atoms with Crippen molar-refractivity contribution in [3.8, 4) is 0 Å². The van der Waals surface area contributed by atoms with E-state index in [2.05, 4.69) is 36.6 Å². The average Bonchev–Trinajstić information content (AvgIpc) is 2.75. The van der Waals surface area contributed by atoms with Crippen molar-refractivity contribution >= 4 is 53.3 Å². The van der Waals surface area contributed by atoms with Crippen LogP contribution >= 0.6 is 31.9 Å². The fourth-order valence-electron chi connectivity index (χ4n) is 1.92. The summed E-state index contributed by atoms with van der Waals surface area (Å²) in [7, 11) is -3.48. The van der Waals surface area contributed by atoms with E-state index >= 15 is 0 Å². The zero-order valence-corrected chi connectivity index (χ0v) is 14.0. The van der Waals surface area contributed by atoms with Crippen molar-refractivity contribution in [3.63, 3.8) is 0 Å². The number of nitrogens with one attached hydrogen (secondary N) is 1. The molecule has 1 aliphatic heterocycles. The number of hydrogen-bond donors (Lipinski definition) is 2. The number of sulfonamides is 1. The van der Waals surface area contributed by atoms with Crippen molar-refractivity contribution in [1.82, 2.24) is 0 Å². The van der Waals surface area contributed by atoms with Crippen molar-refractivity contribution in [2.24, 2.45) is 0 Å². The monoisotopic (exact) mass is 412 g/mol. The maximum atomic E-state index is 12.1. The lowest BCUT2D eigenvalue weighted by molar-refractivity contribution is 0.127. The second-order valence-electron chi connectivity index (χ2n) is 4.37. The van der Waals surface area contributed by atoms with Crippen LogP contribution in [0.5, 0.6) is 0 Å². The molecule has 0 aliphatic carbocycles. The Labute approximate surface area is 129 Å². The Bertz CT molecular complexity index is 548. The fourth-order valence-corrected chi connectivity index (χ4v) is 4.78. The molecule has 5 nitrogen and oxygen atoms in total. The number of nitrogens with two attached hydrogens (primary N) is 1. The van der Waals surface area contributed by atoms with Crippen LogP contribution in [0.3, 0.4) is 0 Å². The van der Waals surface area contributed by atoms with Crippen molar-refractivity contribution in [2.75, 3.05) is 22.8 Å². The first-order valence-electron chi connectivity index (χ1n) is 5.74. The fraction of sp³-hybridized carbons (Fsp3) is 0.455. The summed E-state index contributed by atoms with van der Waals surface area (Å²) in [6.45, 7) is 0.629. The molecule has 1 heterocycles. The molecule has 1 aliphatic rings. The van der Waals surface area contributed by atoms with Gasteiger partial charge < -0.3 is 10.5 Å². The minimum atomic E-state index is -3.48. The molecule has 0 bridgehead atoms. The molecule has 1 aromatic rings. The molecule has 0 radical (unpaired) electrons. The van der Waals surface area contributed by atoms with Gasteiger partial charge in [-0.3, -0.25) is 4.72 Å². The van der Waals surface area contributed by atoms with Gasteiger partial charge in [0.05, 0.1) is 23.2 Å². The van der Waals surface area contributed by atoms with Crippen LogP contribution in [0.25, 0.3) is 0 Å². The zero-order chi connectivity index (χ0) is 14.0. The molecule has 2 rings (SSSR count). The topological polar surface area (TPSA) is 81.4 Å². The van der Waals surface area contributed by atoms with Crippen molar-refractivity contribution in [3.05, 3.63) is 21.1 Å². The van der Waals surface area contributed by atoms with Gasteiger partial charge in [0.2, 0.25) is 10.0 Å². The number of benzene rings is 1. The smallest absolute Gasteiger partial charge is 0.235 e. The molecule has 106 valence electrons. The van der Waals surface area contributed by atoms with Crippen LogP contribution in [0.4, 0.5) is 11.4 Å². The number of ether oxygens (including phenoxy) is 1. The van der Waals surface area contributed by atoms with Gasteiger partial charge in [-0.2, -0.15) is 0 Å². The maximum absolute atomic E-state index is 12.1. The van der Waals surface area contributed by atoms with Crippen LogP contribution in [0, 0.1) is 0 Å². The second kappa shape index (κ2) is 5.99. The molecule has 3 N–H and O–H groups in total. The summed E-state index contributed by atoms with van der Waals surface area (Å²) in [5.74, 6) is -0.0467. The van der Waals surface area contributed by atoms with Crippen LogP contribution in [0.1, 0.15) is 12.8 Å². The van der Waals surface area contributed by atoms with E-state index in [9.17, 15) is 8.42 Å². The van der Waals surface area contributed by atoms with Crippen molar-refractivity contribution in [2.45, 2.75) is 18.9 Å². The summed E-state index contributed by atoms with van der Waals surface area (Å²) in [6, 6.07) is 3.38. The van der Waals surface area contributed by atoms with Crippen LogP contribution in [0.15, 0.2) is 21.1 Å². The van der Waals surface area contributed by atoms with Crippen molar-refractivity contribution < 1.29 is 13.2 Å². The van der Waals surface area contributed by atoms with Gasteiger partial charge in [-0.25, -0.2) is 8.42 Å². The van der Waals surface area contributed by atoms with Crippen LogP contribution < -0.4 is 10.5 Å². The van der Waals surface area contributed by atoms with Gasteiger partial charge in [0.15, 0.2) is 0 Å². The molecule has 0 aromatic heterocycles. The number of nitrogen functional groups attached to an aromatic ring is 1. The Balaban J connectivity index is 2.15. The predicted molar refractivity (Wildman–Crippen MR) is 82.6 cm³/mol. The first kappa shape index (κ1) is 15.1. The van der Waals surface area contributed by atoms with E-state index in [4.69, 9.17) is 10.5 Å². The van der Waals surface area contributed by atoms with Gasteiger partial charge >= 0.3 is 0 Å². The van der Waals surface area contributed by atoms with E-state index in [-0.39, 0.29) is 11.9 Å². The van der Waals surface area contributed by atoms with Gasteiger partial charge in [-0.1, -0.05) is 15.9 Å². The Hall–Kier alpha value is -0.310. The zero-order valence-electron chi connectivity index (χ0n) is 10.0. The van der Waals surface area contributed by atoms with E-state index in [1.165, 1.54) is 0 Å². The Morgan fingerprint density at radius 3 is 2.74 bits per heavy atom. The summed E-state index contributed by atoms with van der Waals surface area (Å²) < 4.78 is 33.3. The lowest BCUT2D eigenvalue weighted by atomic mass is 10.3. The van der Waals surface area contributed by atoms with E-state index in [0.29, 0.717) is 22.5 Å². The SMILES string of the molecule is Nc1cc(Br)cc(Br)c1NS(=O)(=O)CC1CCCO1. The predicted octanol–water partition coefficient (Wildman–Crippen LogP) is 2.71. The van der Waals surface area contributed by atoms with E-state index in [1.54, 1.807) is 12.1 Å². The highest BCUT2D eigenvalue weighted by atomic mass is 79.9. The third-order valence-corrected chi connectivity index (χ3v) is 5.18. The van der Waals surface area contributed by atoms with Gasteiger partial charge in [0.25, 0.3) is 0 Å². The molecule has 0 amide bonds. The lowest BCUT2D eigenvalue weighted by Gasteiger charge is -2.15. The highest BCUT2D eigenvalue weighted by molar-refractivity contribution is 9.11. The Morgan fingerprint density at radius 1 is 1.42 bits per heavy atom. The van der Waals surface area contributed by atoms with Crippen LogP contribution in [-0.2, 0) is 14.8 Å². The largest absolute Gasteiger partial charge is 0.397 e. The number of halogens is 2. The summed E-state index contributed by atoms with van der Waals surface area (Å²) in [5, 5.41) is 0.